The lowest BCUT2D eigenvalue weighted by Gasteiger charge is -2.31. The smallest absolute Gasteiger partial charge is 0.311 e. The maximum Gasteiger partial charge on any atom is 0.311 e. The molecule has 2 heterocycles. The monoisotopic (exact) mass is 373 g/mol. The molecule has 2 aliphatic heterocycles. The van der Waals surface area contributed by atoms with Gasteiger partial charge in [0, 0.05) is 32.7 Å². The number of nitrogens with zero attached hydrogens (tertiary/aromatic N) is 2. The molecule has 0 spiro atoms. The van der Waals surface area contributed by atoms with Crippen molar-refractivity contribution in [3.63, 3.8) is 0 Å². The lowest BCUT2D eigenvalue weighted by molar-refractivity contribution is -0.146. The van der Waals surface area contributed by atoms with Crippen LogP contribution in [0.5, 0.6) is 0 Å². The van der Waals surface area contributed by atoms with Crippen molar-refractivity contribution < 1.29 is 14.3 Å². The van der Waals surface area contributed by atoms with Gasteiger partial charge < -0.3 is 15.0 Å². The number of likely N-dealkylation sites (tertiary alicyclic amines) is 1. The molecule has 6 heteroatoms. The number of carbonyl (C=O) groups is 2. The van der Waals surface area contributed by atoms with Crippen LogP contribution >= 0.6 is 0 Å². The van der Waals surface area contributed by atoms with E-state index < -0.39 is 5.91 Å². The molecule has 0 saturated carbocycles. The Morgan fingerprint density at radius 3 is 2.44 bits per heavy atom. The summed E-state index contributed by atoms with van der Waals surface area (Å²) < 4.78 is 5.32. The highest BCUT2D eigenvalue weighted by atomic mass is 16.5. The summed E-state index contributed by atoms with van der Waals surface area (Å²) in [5.41, 5.74) is 1.35. The molecule has 2 fully saturated rings. The zero-order chi connectivity index (χ0) is 18.9. The van der Waals surface area contributed by atoms with Crippen LogP contribution in [-0.4, -0.2) is 74.1 Å². The lowest BCUT2D eigenvalue weighted by atomic mass is 9.90. The molecule has 0 radical (unpaired) electrons. The minimum Gasteiger partial charge on any atom is -0.379 e. The van der Waals surface area contributed by atoms with Crippen LogP contribution in [0.4, 0.5) is 0 Å². The Morgan fingerprint density at radius 2 is 1.74 bits per heavy atom. The van der Waals surface area contributed by atoms with Gasteiger partial charge in [-0.15, -0.1) is 0 Å². The SMILES string of the molecule is O=C(NCCCN1CCOCC1)C(=O)N1CCC(Cc2ccccc2)CC1. The molecular weight excluding hydrogens is 342 g/mol. The first-order chi connectivity index (χ1) is 13.2. The molecule has 0 atom stereocenters. The first kappa shape index (κ1) is 19.8. The number of nitrogens with one attached hydrogen (secondary N) is 1. The average Bonchev–Trinajstić information content (AvgIpc) is 2.72. The second-order valence-electron chi connectivity index (χ2n) is 7.49. The molecule has 1 N–H and O–H groups in total. The number of hydrogen-bond acceptors (Lipinski definition) is 4. The number of rotatable bonds is 6. The first-order valence-electron chi connectivity index (χ1n) is 10.1. The third kappa shape index (κ3) is 6.33. The van der Waals surface area contributed by atoms with Crippen LogP contribution < -0.4 is 5.32 Å². The Kier molecular flexibility index (Phi) is 7.66. The van der Waals surface area contributed by atoms with E-state index in [0.717, 1.165) is 58.5 Å². The van der Waals surface area contributed by atoms with Gasteiger partial charge >= 0.3 is 11.8 Å². The number of benzene rings is 1. The highest BCUT2D eigenvalue weighted by Crippen LogP contribution is 2.21. The summed E-state index contributed by atoms with van der Waals surface area (Å²) >= 11 is 0. The molecular formula is C21H31N3O3. The van der Waals surface area contributed by atoms with Gasteiger partial charge in [-0.25, -0.2) is 0 Å². The Hall–Kier alpha value is -1.92. The maximum absolute atomic E-state index is 12.3. The van der Waals surface area contributed by atoms with Gasteiger partial charge in [-0.1, -0.05) is 30.3 Å². The number of hydrogen-bond donors (Lipinski definition) is 1. The Labute approximate surface area is 161 Å². The van der Waals surface area contributed by atoms with Gasteiger partial charge in [0.15, 0.2) is 0 Å². The summed E-state index contributed by atoms with van der Waals surface area (Å²) in [6.07, 6.45) is 3.84. The standard InChI is InChI=1S/C21H31N3O3/c25-20(22-9-4-10-23-13-15-27-16-14-23)21(26)24-11-7-19(8-12-24)17-18-5-2-1-3-6-18/h1-3,5-6,19H,4,7-17H2,(H,22,25). The minimum atomic E-state index is -0.460. The number of piperidine rings is 1. The molecule has 148 valence electrons. The molecule has 2 aliphatic rings. The molecule has 0 bridgehead atoms. The fraction of sp³-hybridized carbons (Fsp3) is 0.619. The molecule has 2 amide bonds. The number of amides is 2. The van der Waals surface area contributed by atoms with E-state index in [1.165, 1.54) is 5.56 Å². The van der Waals surface area contributed by atoms with E-state index in [9.17, 15) is 9.59 Å². The predicted molar refractivity (Wildman–Crippen MR) is 104 cm³/mol. The molecule has 1 aromatic carbocycles. The fourth-order valence-electron chi connectivity index (χ4n) is 3.84. The first-order valence-corrected chi connectivity index (χ1v) is 10.1. The van der Waals surface area contributed by atoms with Crippen LogP contribution in [0.25, 0.3) is 0 Å². The third-order valence-corrected chi connectivity index (χ3v) is 5.50. The van der Waals surface area contributed by atoms with Crippen LogP contribution in [0.1, 0.15) is 24.8 Å². The number of ether oxygens (including phenoxy) is 1. The van der Waals surface area contributed by atoms with E-state index in [4.69, 9.17) is 4.74 Å². The topological polar surface area (TPSA) is 61.9 Å². The summed E-state index contributed by atoms with van der Waals surface area (Å²) in [5.74, 6) is -0.244. The molecule has 6 nitrogen and oxygen atoms in total. The number of morpholine rings is 1. The zero-order valence-electron chi connectivity index (χ0n) is 16.1. The zero-order valence-corrected chi connectivity index (χ0v) is 16.1. The van der Waals surface area contributed by atoms with E-state index in [2.05, 4.69) is 34.5 Å². The van der Waals surface area contributed by atoms with Crippen molar-refractivity contribution in [2.45, 2.75) is 25.7 Å². The van der Waals surface area contributed by atoms with Gasteiger partial charge in [0.25, 0.3) is 0 Å². The summed E-state index contributed by atoms with van der Waals surface area (Å²) in [6, 6.07) is 10.5. The van der Waals surface area contributed by atoms with Gasteiger partial charge in [0.2, 0.25) is 0 Å². The van der Waals surface area contributed by atoms with Crippen molar-refractivity contribution >= 4 is 11.8 Å². The van der Waals surface area contributed by atoms with E-state index in [1.54, 1.807) is 4.90 Å². The van der Waals surface area contributed by atoms with Gasteiger partial charge in [-0.2, -0.15) is 0 Å². The number of carbonyl (C=O) groups excluding carboxylic acids is 2. The van der Waals surface area contributed by atoms with E-state index in [-0.39, 0.29) is 5.91 Å². The van der Waals surface area contributed by atoms with Gasteiger partial charge in [-0.3, -0.25) is 14.5 Å². The summed E-state index contributed by atoms with van der Waals surface area (Å²) in [4.78, 5) is 28.5. The van der Waals surface area contributed by atoms with Crippen molar-refractivity contribution in [1.82, 2.24) is 15.1 Å². The molecule has 0 aliphatic carbocycles. The molecule has 0 aromatic heterocycles. The Balaban J connectivity index is 1.31. The van der Waals surface area contributed by atoms with Gasteiger partial charge in [0.1, 0.15) is 0 Å². The van der Waals surface area contributed by atoms with Gasteiger partial charge in [0.05, 0.1) is 13.2 Å². The van der Waals surface area contributed by atoms with Crippen molar-refractivity contribution in [3.8, 4) is 0 Å². The molecule has 27 heavy (non-hydrogen) atoms. The predicted octanol–water partition coefficient (Wildman–Crippen LogP) is 1.31. The summed E-state index contributed by atoms with van der Waals surface area (Å²) in [5, 5.41) is 2.78. The minimum absolute atomic E-state index is 0.375. The normalized spacial score (nSPS) is 19.0. The Bertz CT molecular complexity index is 594. The van der Waals surface area contributed by atoms with Crippen LogP contribution in [0.15, 0.2) is 30.3 Å². The van der Waals surface area contributed by atoms with E-state index >= 15 is 0 Å². The summed E-state index contributed by atoms with van der Waals surface area (Å²) in [7, 11) is 0. The quantitative estimate of drug-likeness (QED) is 0.603. The molecule has 3 rings (SSSR count). The second kappa shape index (κ2) is 10.4. The summed E-state index contributed by atoms with van der Waals surface area (Å²) in [6.45, 7) is 6.30. The maximum atomic E-state index is 12.3. The lowest BCUT2D eigenvalue weighted by Crippen LogP contribution is -2.47. The molecule has 1 aromatic rings. The van der Waals surface area contributed by atoms with Crippen molar-refractivity contribution in [3.05, 3.63) is 35.9 Å². The van der Waals surface area contributed by atoms with Gasteiger partial charge in [-0.05, 0) is 43.7 Å². The van der Waals surface area contributed by atoms with Crippen LogP contribution in [-0.2, 0) is 20.7 Å². The largest absolute Gasteiger partial charge is 0.379 e. The van der Waals surface area contributed by atoms with Crippen molar-refractivity contribution in [1.29, 1.82) is 0 Å². The highest BCUT2D eigenvalue weighted by Gasteiger charge is 2.26. The fourth-order valence-corrected chi connectivity index (χ4v) is 3.84. The third-order valence-electron chi connectivity index (χ3n) is 5.50. The molecule has 2 saturated heterocycles. The van der Waals surface area contributed by atoms with E-state index in [0.29, 0.717) is 25.6 Å². The van der Waals surface area contributed by atoms with Crippen LogP contribution in [0.2, 0.25) is 0 Å². The van der Waals surface area contributed by atoms with Crippen molar-refractivity contribution in [2.24, 2.45) is 5.92 Å². The van der Waals surface area contributed by atoms with Crippen LogP contribution in [0, 0.1) is 5.92 Å². The van der Waals surface area contributed by atoms with Crippen LogP contribution in [0.3, 0.4) is 0 Å². The second-order valence-corrected chi connectivity index (χ2v) is 7.49. The highest BCUT2D eigenvalue weighted by molar-refractivity contribution is 6.35. The Morgan fingerprint density at radius 1 is 1.04 bits per heavy atom. The van der Waals surface area contributed by atoms with E-state index in [1.807, 2.05) is 6.07 Å². The van der Waals surface area contributed by atoms with Crippen molar-refractivity contribution in [2.75, 3.05) is 52.5 Å². The average molecular weight is 373 g/mol. The molecule has 0 unspecified atom stereocenters.